The average Bonchev–Trinajstić information content (AvgIpc) is 2.82. The van der Waals surface area contributed by atoms with E-state index in [1.165, 1.54) is 10.5 Å². The maximum absolute atomic E-state index is 12.0. The van der Waals surface area contributed by atoms with Crippen LogP contribution in [0.25, 0.3) is 0 Å². The fourth-order valence-corrected chi connectivity index (χ4v) is 3.23. The van der Waals surface area contributed by atoms with Crippen LogP contribution in [0.5, 0.6) is 0 Å². The Morgan fingerprint density at radius 3 is 3.06 bits per heavy atom. The summed E-state index contributed by atoms with van der Waals surface area (Å²) in [7, 11) is 0. The van der Waals surface area contributed by atoms with Crippen molar-refractivity contribution in [1.82, 2.24) is 5.32 Å². The molecule has 0 aromatic heterocycles. The smallest absolute Gasteiger partial charge is 0.233 e. The molecular weight excluding hydrogens is 242 g/mol. The number of unbranched alkanes of at least 4 members (excludes halogenated alkanes) is 2. The molecule has 0 saturated heterocycles. The van der Waals surface area contributed by atoms with Gasteiger partial charge in [0.1, 0.15) is 0 Å². The Morgan fingerprint density at radius 1 is 1.44 bits per heavy atom. The highest BCUT2D eigenvalue weighted by molar-refractivity contribution is 8.01. The third-order valence-corrected chi connectivity index (χ3v) is 4.30. The Morgan fingerprint density at radius 2 is 2.28 bits per heavy atom. The van der Waals surface area contributed by atoms with Crippen molar-refractivity contribution in [1.29, 1.82) is 0 Å². The Labute approximate surface area is 113 Å². The molecule has 1 atom stereocenters. The van der Waals surface area contributed by atoms with Crippen LogP contribution in [0.1, 0.15) is 24.8 Å². The number of thioether (sulfide) groups is 1. The molecule has 0 spiro atoms. The molecule has 2 rings (SSSR count). The van der Waals surface area contributed by atoms with E-state index in [-0.39, 0.29) is 11.2 Å². The first-order valence-corrected chi connectivity index (χ1v) is 7.15. The topological polar surface area (TPSA) is 29.1 Å². The summed E-state index contributed by atoms with van der Waals surface area (Å²) in [5, 5.41) is 3.03. The summed E-state index contributed by atoms with van der Waals surface area (Å²) < 4.78 is 0. The molecule has 1 aromatic carbocycles. The molecule has 0 saturated carbocycles. The zero-order chi connectivity index (χ0) is 12.8. The summed E-state index contributed by atoms with van der Waals surface area (Å²) in [6.07, 6.45) is 8.75. The highest BCUT2D eigenvalue weighted by atomic mass is 32.2. The van der Waals surface area contributed by atoms with Gasteiger partial charge in [-0.05, 0) is 30.9 Å². The first kappa shape index (κ1) is 13.0. The molecule has 1 aromatic rings. The lowest BCUT2D eigenvalue weighted by Gasteiger charge is -2.09. The zero-order valence-corrected chi connectivity index (χ0v) is 11.1. The number of carbonyl (C=O) groups excluding carboxylic acids is 1. The summed E-state index contributed by atoms with van der Waals surface area (Å²) in [5.74, 6) is 2.76. The van der Waals surface area contributed by atoms with Crippen molar-refractivity contribution >= 4 is 17.7 Å². The van der Waals surface area contributed by atoms with Crippen LogP contribution in [-0.4, -0.2) is 17.7 Å². The predicted octanol–water partition coefficient (Wildman–Crippen LogP) is 2.62. The highest BCUT2D eigenvalue weighted by Crippen LogP contribution is 2.36. The van der Waals surface area contributed by atoms with Crippen molar-refractivity contribution in [3.8, 4) is 12.3 Å². The van der Waals surface area contributed by atoms with Crippen molar-refractivity contribution in [2.45, 2.75) is 35.8 Å². The van der Waals surface area contributed by atoms with Gasteiger partial charge in [-0.1, -0.05) is 18.2 Å². The molecule has 2 nitrogen and oxygen atoms in total. The number of carbonyl (C=O) groups is 1. The van der Waals surface area contributed by atoms with Crippen LogP contribution in [0.15, 0.2) is 29.2 Å². The van der Waals surface area contributed by atoms with Crippen LogP contribution < -0.4 is 5.32 Å². The van der Waals surface area contributed by atoms with Gasteiger partial charge in [-0.25, -0.2) is 0 Å². The normalized spacial score (nSPS) is 16.9. The largest absolute Gasteiger partial charge is 0.355 e. The van der Waals surface area contributed by atoms with Crippen molar-refractivity contribution in [3.05, 3.63) is 29.8 Å². The van der Waals surface area contributed by atoms with E-state index < -0.39 is 0 Å². The molecule has 1 amide bonds. The summed E-state index contributed by atoms with van der Waals surface area (Å²) in [6, 6.07) is 8.23. The lowest BCUT2D eigenvalue weighted by atomic mass is 10.1. The van der Waals surface area contributed by atoms with Gasteiger partial charge in [0.15, 0.2) is 0 Å². The quantitative estimate of drug-likeness (QED) is 0.650. The van der Waals surface area contributed by atoms with Gasteiger partial charge in [0, 0.05) is 17.9 Å². The van der Waals surface area contributed by atoms with Gasteiger partial charge in [0.2, 0.25) is 5.91 Å². The van der Waals surface area contributed by atoms with Crippen molar-refractivity contribution in [3.63, 3.8) is 0 Å². The molecule has 18 heavy (non-hydrogen) atoms. The lowest BCUT2D eigenvalue weighted by molar-refractivity contribution is -0.120. The SMILES string of the molecule is C#CCCCCNC(=O)C1Cc2ccccc2S1. The van der Waals surface area contributed by atoms with Crippen LogP contribution in [0, 0.1) is 12.3 Å². The number of amides is 1. The van der Waals surface area contributed by atoms with Gasteiger partial charge < -0.3 is 5.32 Å². The van der Waals surface area contributed by atoms with Gasteiger partial charge in [-0.3, -0.25) is 4.79 Å². The Bertz CT molecular complexity index is 439. The van der Waals surface area contributed by atoms with Crippen molar-refractivity contribution in [2.24, 2.45) is 0 Å². The fourth-order valence-electron chi connectivity index (χ4n) is 2.01. The molecule has 1 aliphatic heterocycles. The fraction of sp³-hybridized carbons (Fsp3) is 0.400. The van der Waals surface area contributed by atoms with E-state index >= 15 is 0 Å². The van der Waals surface area contributed by atoms with Gasteiger partial charge in [-0.2, -0.15) is 0 Å². The third kappa shape index (κ3) is 3.30. The predicted molar refractivity (Wildman–Crippen MR) is 75.5 cm³/mol. The number of terminal acetylenes is 1. The maximum atomic E-state index is 12.0. The maximum Gasteiger partial charge on any atom is 0.233 e. The highest BCUT2D eigenvalue weighted by Gasteiger charge is 2.27. The molecule has 1 unspecified atom stereocenters. The standard InChI is InChI=1S/C15H17NOS/c1-2-3-4-7-10-16-15(17)14-11-12-8-5-6-9-13(12)18-14/h1,5-6,8-9,14H,3-4,7,10-11H2,(H,16,17). The molecule has 0 aliphatic carbocycles. The van der Waals surface area contributed by atoms with Gasteiger partial charge in [0.25, 0.3) is 0 Å². The van der Waals surface area contributed by atoms with Gasteiger partial charge in [0.05, 0.1) is 5.25 Å². The van der Waals surface area contributed by atoms with Crippen LogP contribution in [-0.2, 0) is 11.2 Å². The first-order valence-electron chi connectivity index (χ1n) is 6.27. The Hall–Kier alpha value is -1.40. The monoisotopic (exact) mass is 259 g/mol. The molecule has 94 valence electrons. The van der Waals surface area contributed by atoms with Crippen molar-refractivity contribution < 1.29 is 4.79 Å². The van der Waals surface area contributed by atoms with Crippen LogP contribution >= 0.6 is 11.8 Å². The minimum atomic E-state index is 0.0371. The molecule has 1 N–H and O–H groups in total. The molecule has 0 radical (unpaired) electrons. The van der Waals surface area contributed by atoms with E-state index in [9.17, 15) is 4.79 Å². The molecule has 3 heteroatoms. The van der Waals surface area contributed by atoms with E-state index in [4.69, 9.17) is 6.42 Å². The second kappa shape index (κ2) is 6.51. The second-order valence-electron chi connectivity index (χ2n) is 4.37. The van der Waals surface area contributed by atoms with Crippen molar-refractivity contribution in [2.75, 3.05) is 6.54 Å². The Balaban J connectivity index is 1.74. The number of hydrogen-bond acceptors (Lipinski definition) is 2. The zero-order valence-electron chi connectivity index (χ0n) is 10.3. The van der Waals surface area contributed by atoms with E-state index in [0.29, 0.717) is 0 Å². The molecule has 1 aliphatic rings. The van der Waals surface area contributed by atoms with Crippen LogP contribution in [0.4, 0.5) is 0 Å². The first-order chi connectivity index (χ1) is 8.81. The number of rotatable bonds is 5. The molecule has 1 heterocycles. The summed E-state index contributed by atoms with van der Waals surface area (Å²) in [6.45, 7) is 0.730. The number of benzene rings is 1. The average molecular weight is 259 g/mol. The molecular formula is C15H17NOS. The number of hydrogen-bond donors (Lipinski definition) is 1. The minimum Gasteiger partial charge on any atom is -0.355 e. The van der Waals surface area contributed by atoms with Crippen LogP contribution in [0.3, 0.4) is 0 Å². The summed E-state index contributed by atoms with van der Waals surface area (Å²) in [5.41, 5.74) is 1.29. The summed E-state index contributed by atoms with van der Waals surface area (Å²) in [4.78, 5) is 13.2. The number of nitrogens with one attached hydrogen (secondary N) is 1. The Kier molecular flexibility index (Phi) is 4.72. The minimum absolute atomic E-state index is 0.0371. The lowest BCUT2D eigenvalue weighted by Crippen LogP contribution is -2.33. The van der Waals surface area contributed by atoms with E-state index in [1.54, 1.807) is 11.8 Å². The molecule has 0 fully saturated rings. The summed E-state index contributed by atoms with van der Waals surface area (Å²) >= 11 is 1.67. The number of fused-ring (bicyclic) bond motifs is 1. The second-order valence-corrected chi connectivity index (χ2v) is 5.62. The van der Waals surface area contributed by atoms with E-state index in [2.05, 4.69) is 23.4 Å². The van der Waals surface area contributed by atoms with Gasteiger partial charge in [-0.15, -0.1) is 24.1 Å². The third-order valence-electron chi connectivity index (χ3n) is 2.99. The van der Waals surface area contributed by atoms with E-state index in [0.717, 1.165) is 32.2 Å². The molecule has 0 bridgehead atoms. The van der Waals surface area contributed by atoms with Gasteiger partial charge >= 0.3 is 0 Å². The van der Waals surface area contributed by atoms with Crippen LogP contribution in [0.2, 0.25) is 0 Å². The van der Waals surface area contributed by atoms with E-state index in [1.807, 2.05) is 12.1 Å².